The van der Waals surface area contributed by atoms with E-state index in [0.717, 1.165) is 12.2 Å². The van der Waals surface area contributed by atoms with Crippen LogP contribution in [0.15, 0.2) is 53.6 Å². The van der Waals surface area contributed by atoms with Gasteiger partial charge in [0, 0.05) is 11.1 Å². The molecule has 0 radical (unpaired) electrons. The molecule has 0 saturated carbocycles. The van der Waals surface area contributed by atoms with Crippen LogP contribution in [-0.4, -0.2) is 23.8 Å². The third-order valence-corrected chi connectivity index (χ3v) is 3.69. The van der Waals surface area contributed by atoms with E-state index >= 15 is 0 Å². The first kappa shape index (κ1) is 18.5. The van der Waals surface area contributed by atoms with Gasteiger partial charge in [-0.3, -0.25) is 4.79 Å². The van der Waals surface area contributed by atoms with E-state index in [2.05, 4.69) is 17.5 Å². The maximum atomic E-state index is 12.0. The third-order valence-electron chi connectivity index (χ3n) is 3.69. The van der Waals surface area contributed by atoms with Crippen molar-refractivity contribution >= 4 is 12.1 Å². The molecule has 0 aliphatic carbocycles. The van der Waals surface area contributed by atoms with Crippen molar-refractivity contribution in [3.05, 3.63) is 59.7 Å². The topological polar surface area (TPSA) is 70.9 Å². The Bertz CT molecular complexity index is 696. The van der Waals surface area contributed by atoms with Crippen molar-refractivity contribution in [3.8, 4) is 11.5 Å². The first-order valence-electron chi connectivity index (χ1n) is 8.55. The summed E-state index contributed by atoms with van der Waals surface area (Å²) in [5, 5.41) is 13.5. The van der Waals surface area contributed by atoms with Crippen molar-refractivity contribution in [1.29, 1.82) is 0 Å². The number of phenols is 1. The van der Waals surface area contributed by atoms with Gasteiger partial charge in [-0.1, -0.05) is 38.3 Å². The Morgan fingerprint density at radius 3 is 2.60 bits per heavy atom. The fraction of sp³-hybridized carbons (Fsp3) is 0.300. The second kappa shape index (κ2) is 10.1. The van der Waals surface area contributed by atoms with Crippen molar-refractivity contribution < 1.29 is 14.6 Å². The highest BCUT2D eigenvalue weighted by Gasteiger charge is 2.04. The Balaban J connectivity index is 1.81. The Kier molecular flexibility index (Phi) is 7.50. The van der Waals surface area contributed by atoms with E-state index in [1.807, 2.05) is 0 Å². The number of benzene rings is 2. The minimum absolute atomic E-state index is 0.112. The number of aromatic hydroxyl groups is 1. The average molecular weight is 340 g/mol. The third kappa shape index (κ3) is 6.30. The molecule has 0 bridgehead atoms. The number of nitrogens with zero attached hydrogens (tertiary/aromatic N) is 1. The number of nitrogens with one attached hydrogen (secondary N) is 1. The zero-order valence-corrected chi connectivity index (χ0v) is 14.4. The van der Waals surface area contributed by atoms with Crippen molar-refractivity contribution in [3.63, 3.8) is 0 Å². The van der Waals surface area contributed by atoms with Gasteiger partial charge in [0.25, 0.3) is 5.91 Å². The average Bonchev–Trinajstić information content (AvgIpc) is 2.63. The molecule has 0 atom stereocenters. The second-order valence-corrected chi connectivity index (χ2v) is 5.69. The van der Waals surface area contributed by atoms with E-state index in [1.165, 1.54) is 25.5 Å². The number of para-hydroxylation sites is 1. The molecule has 0 spiro atoms. The summed E-state index contributed by atoms with van der Waals surface area (Å²) in [5.41, 5.74) is 3.47. The van der Waals surface area contributed by atoms with E-state index in [-0.39, 0.29) is 11.7 Å². The van der Waals surface area contributed by atoms with Crippen LogP contribution >= 0.6 is 0 Å². The molecular weight excluding hydrogens is 316 g/mol. The van der Waals surface area contributed by atoms with E-state index in [0.29, 0.717) is 17.7 Å². The number of phenolic OH excluding ortho intramolecular Hbond substituents is 1. The number of hydrogen-bond donors (Lipinski definition) is 2. The molecule has 5 heteroatoms. The zero-order chi connectivity index (χ0) is 17.9. The summed E-state index contributed by atoms with van der Waals surface area (Å²) in [6.07, 6.45) is 6.05. The molecule has 25 heavy (non-hydrogen) atoms. The smallest absolute Gasteiger partial charge is 0.271 e. The molecule has 0 aliphatic rings. The molecule has 2 rings (SSSR count). The molecule has 0 aromatic heterocycles. The second-order valence-electron chi connectivity index (χ2n) is 5.69. The van der Waals surface area contributed by atoms with Gasteiger partial charge in [-0.25, -0.2) is 5.43 Å². The number of hydrogen-bond acceptors (Lipinski definition) is 4. The maximum absolute atomic E-state index is 12.0. The van der Waals surface area contributed by atoms with Crippen LogP contribution < -0.4 is 10.2 Å². The molecule has 0 heterocycles. The molecular formula is C20H24N2O3. The molecule has 0 unspecified atom stereocenters. The van der Waals surface area contributed by atoms with E-state index in [1.54, 1.807) is 48.5 Å². The number of ether oxygens (including phenoxy) is 1. The molecule has 2 aromatic carbocycles. The van der Waals surface area contributed by atoms with Gasteiger partial charge in [0.05, 0.1) is 12.8 Å². The lowest BCUT2D eigenvalue weighted by Crippen LogP contribution is -2.17. The monoisotopic (exact) mass is 340 g/mol. The zero-order valence-electron chi connectivity index (χ0n) is 14.4. The normalized spacial score (nSPS) is 10.8. The summed E-state index contributed by atoms with van der Waals surface area (Å²) >= 11 is 0. The van der Waals surface area contributed by atoms with Gasteiger partial charge in [0.1, 0.15) is 11.5 Å². The standard InChI is InChI=1S/C20H24N2O3/c1-2-3-4-7-14-25-18-12-10-16(11-13-18)20(24)22-21-15-17-8-5-6-9-19(17)23/h5-6,8-13,15,23H,2-4,7,14H2,1H3,(H,22,24)/b21-15+. The lowest BCUT2D eigenvalue weighted by atomic mass is 10.2. The molecule has 132 valence electrons. The number of rotatable bonds is 9. The number of carbonyl (C=O) groups is 1. The van der Waals surface area contributed by atoms with E-state index in [4.69, 9.17) is 4.74 Å². The molecule has 0 saturated heterocycles. The molecule has 5 nitrogen and oxygen atoms in total. The predicted molar refractivity (Wildman–Crippen MR) is 99.2 cm³/mol. The Labute approximate surface area is 148 Å². The molecule has 2 aromatic rings. The molecule has 0 fully saturated rings. The Morgan fingerprint density at radius 2 is 1.88 bits per heavy atom. The highest BCUT2D eigenvalue weighted by atomic mass is 16.5. The minimum Gasteiger partial charge on any atom is -0.507 e. The summed E-state index contributed by atoms with van der Waals surface area (Å²) < 4.78 is 5.65. The molecule has 1 amide bonds. The first-order valence-corrected chi connectivity index (χ1v) is 8.55. The van der Waals surface area contributed by atoms with Crippen LogP contribution in [0.3, 0.4) is 0 Å². The fourth-order valence-electron chi connectivity index (χ4n) is 2.24. The van der Waals surface area contributed by atoms with Crippen LogP contribution in [0.5, 0.6) is 11.5 Å². The number of amides is 1. The summed E-state index contributed by atoms with van der Waals surface area (Å²) in [6, 6.07) is 13.7. The fourth-order valence-corrected chi connectivity index (χ4v) is 2.24. The lowest BCUT2D eigenvalue weighted by Gasteiger charge is -2.06. The van der Waals surface area contributed by atoms with Crippen LogP contribution in [0.2, 0.25) is 0 Å². The van der Waals surface area contributed by atoms with Crippen molar-refractivity contribution in [2.24, 2.45) is 5.10 Å². The number of unbranched alkanes of at least 4 members (excludes halogenated alkanes) is 3. The van der Waals surface area contributed by atoms with Gasteiger partial charge >= 0.3 is 0 Å². The number of carbonyl (C=O) groups excluding carboxylic acids is 1. The SMILES string of the molecule is CCCCCCOc1ccc(C(=O)N/N=C/c2ccccc2O)cc1. The Hall–Kier alpha value is -2.82. The lowest BCUT2D eigenvalue weighted by molar-refractivity contribution is 0.0955. The summed E-state index contributed by atoms with van der Waals surface area (Å²) in [5.74, 6) is 0.549. The van der Waals surface area contributed by atoms with Gasteiger partial charge in [-0.2, -0.15) is 5.10 Å². The summed E-state index contributed by atoms with van der Waals surface area (Å²) in [4.78, 5) is 12.0. The predicted octanol–water partition coefficient (Wildman–Crippen LogP) is 4.12. The van der Waals surface area contributed by atoms with Gasteiger partial charge in [-0.05, 0) is 42.8 Å². The van der Waals surface area contributed by atoms with E-state index in [9.17, 15) is 9.90 Å². The van der Waals surface area contributed by atoms with Crippen molar-refractivity contribution in [2.75, 3.05) is 6.61 Å². The largest absolute Gasteiger partial charge is 0.507 e. The van der Waals surface area contributed by atoms with Gasteiger partial charge in [0.2, 0.25) is 0 Å². The minimum atomic E-state index is -0.318. The highest BCUT2D eigenvalue weighted by Crippen LogP contribution is 2.14. The first-order chi connectivity index (χ1) is 12.2. The maximum Gasteiger partial charge on any atom is 0.271 e. The summed E-state index contributed by atoms with van der Waals surface area (Å²) in [7, 11) is 0. The van der Waals surface area contributed by atoms with Crippen LogP contribution in [0.4, 0.5) is 0 Å². The van der Waals surface area contributed by atoms with Gasteiger partial charge in [0.15, 0.2) is 0 Å². The summed E-state index contributed by atoms with van der Waals surface area (Å²) in [6.45, 7) is 2.87. The molecule has 2 N–H and O–H groups in total. The van der Waals surface area contributed by atoms with Crippen LogP contribution in [-0.2, 0) is 0 Å². The van der Waals surface area contributed by atoms with Crippen LogP contribution in [0.1, 0.15) is 48.5 Å². The van der Waals surface area contributed by atoms with Crippen molar-refractivity contribution in [2.45, 2.75) is 32.6 Å². The molecule has 0 aliphatic heterocycles. The van der Waals surface area contributed by atoms with E-state index < -0.39 is 0 Å². The number of hydrazone groups is 1. The van der Waals surface area contributed by atoms with Crippen LogP contribution in [0, 0.1) is 0 Å². The van der Waals surface area contributed by atoms with Gasteiger partial charge < -0.3 is 9.84 Å². The van der Waals surface area contributed by atoms with Gasteiger partial charge in [-0.15, -0.1) is 0 Å². The van der Waals surface area contributed by atoms with Crippen molar-refractivity contribution in [1.82, 2.24) is 5.43 Å². The quantitative estimate of drug-likeness (QED) is 0.410. The Morgan fingerprint density at radius 1 is 1.12 bits per heavy atom. The van der Waals surface area contributed by atoms with Crippen LogP contribution in [0.25, 0.3) is 0 Å². The highest BCUT2D eigenvalue weighted by molar-refractivity contribution is 5.95.